The number of carbonyl (C=O) groups excluding carboxylic acids is 2. The first kappa shape index (κ1) is 20.9. The summed E-state index contributed by atoms with van der Waals surface area (Å²) in [6.07, 6.45) is -1.33. The van der Waals surface area contributed by atoms with Crippen LogP contribution in [0.3, 0.4) is 0 Å². The van der Waals surface area contributed by atoms with Crippen molar-refractivity contribution in [2.45, 2.75) is 64.8 Å². The third-order valence-corrected chi connectivity index (χ3v) is 3.06. The van der Waals surface area contributed by atoms with Gasteiger partial charge in [0.2, 0.25) is 0 Å². The largest absolute Gasteiger partial charge is 0.459 e. The predicted octanol–water partition coefficient (Wildman–Crippen LogP) is 0.545. The van der Waals surface area contributed by atoms with Crippen LogP contribution in [0.15, 0.2) is 0 Å². The fourth-order valence-electron chi connectivity index (χ4n) is 2.09. The van der Waals surface area contributed by atoms with Crippen molar-refractivity contribution >= 4 is 11.8 Å². The first-order valence-corrected chi connectivity index (χ1v) is 7.42. The van der Waals surface area contributed by atoms with Crippen LogP contribution in [0.5, 0.6) is 0 Å². The molecule has 0 bridgehead atoms. The van der Waals surface area contributed by atoms with Gasteiger partial charge >= 0.3 is 5.97 Å². The summed E-state index contributed by atoms with van der Waals surface area (Å²) >= 11 is 0. The van der Waals surface area contributed by atoms with Crippen molar-refractivity contribution in [2.75, 3.05) is 6.67 Å². The third kappa shape index (κ3) is 6.81. The highest BCUT2D eigenvalue weighted by Crippen LogP contribution is 2.19. The van der Waals surface area contributed by atoms with Crippen LogP contribution in [-0.4, -0.2) is 47.3 Å². The molecule has 22 heavy (non-hydrogen) atoms. The number of ketones is 1. The first-order chi connectivity index (χ1) is 9.90. The van der Waals surface area contributed by atoms with Crippen molar-refractivity contribution in [3.63, 3.8) is 0 Å². The zero-order valence-electron chi connectivity index (χ0n) is 14.0. The molecule has 0 rings (SSSR count). The maximum absolute atomic E-state index is 12.8. The molecule has 6 nitrogen and oxygen atoms in total. The van der Waals surface area contributed by atoms with E-state index in [1.807, 2.05) is 13.8 Å². The highest BCUT2D eigenvalue weighted by atomic mass is 19.1. The van der Waals surface area contributed by atoms with E-state index >= 15 is 0 Å². The van der Waals surface area contributed by atoms with Gasteiger partial charge in [-0.25, -0.2) is 4.39 Å². The molecule has 0 spiro atoms. The number of halogens is 1. The Bertz CT molecular complexity index is 382. The van der Waals surface area contributed by atoms with Crippen molar-refractivity contribution < 1.29 is 23.8 Å². The van der Waals surface area contributed by atoms with Gasteiger partial charge in [-0.05, 0) is 33.1 Å². The molecule has 3 unspecified atom stereocenters. The molecule has 0 saturated carbocycles. The minimum absolute atomic E-state index is 0.139. The molecular weight excluding hydrogens is 291 g/mol. The molecular formula is C15H29FN2O4. The molecule has 0 aromatic heterocycles. The van der Waals surface area contributed by atoms with Crippen molar-refractivity contribution in [2.24, 2.45) is 23.3 Å². The number of aliphatic hydroxyl groups excluding tert-OH is 1. The summed E-state index contributed by atoms with van der Waals surface area (Å²) in [6.45, 7) is 7.49. The number of hydrogen-bond donors (Lipinski definition) is 3. The van der Waals surface area contributed by atoms with Gasteiger partial charge < -0.3 is 21.3 Å². The van der Waals surface area contributed by atoms with E-state index in [2.05, 4.69) is 0 Å². The standard InChI is InChI=1S/C15H29FN2O4/c1-8(2)6-9(17)13(20)11(10(19)7-16)12(18)14(21)22-15(3,4)5/h8-12,19H,6-7,17-18H2,1-5H3/t9-,10?,11?,12?/m0/s1. The Labute approximate surface area is 131 Å². The highest BCUT2D eigenvalue weighted by molar-refractivity contribution is 5.92. The van der Waals surface area contributed by atoms with Gasteiger partial charge in [-0.3, -0.25) is 9.59 Å². The number of Topliss-reactive ketones (excluding diaryl/α,β-unsaturated/α-hetero) is 1. The molecule has 0 aromatic rings. The maximum atomic E-state index is 12.8. The van der Waals surface area contributed by atoms with E-state index in [0.29, 0.717) is 6.42 Å². The SMILES string of the molecule is CC(C)C[C@H](N)C(=O)C(C(O)CF)C(N)C(=O)OC(C)(C)C. The highest BCUT2D eigenvalue weighted by Gasteiger charge is 2.40. The predicted molar refractivity (Wildman–Crippen MR) is 81.7 cm³/mol. The Morgan fingerprint density at radius 3 is 2.09 bits per heavy atom. The van der Waals surface area contributed by atoms with E-state index < -0.39 is 48.1 Å². The van der Waals surface area contributed by atoms with E-state index in [9.17, 15) is 19.1 Å². The van der Waals surface area contributed by atoms with Crippen LogP contribution in [0, 0.1) is 11.8 Å². The van der Waals surface area contributed by atoms with Gasteiger partial charge in [0.25, 0.3) is 0 Å². The quantitative estimate of drug-likeness (QED) is 0.562. The van der Waals surface area contributed by atoms with E-state index in [1.165, 1.54) is 0 Å². The van der Waals surface area contributed by atoms with E-state index in [1.54, 1.807) is 20.8 Å². The van der Waals surface area contributed by atoms with Crippen molar-refractivity contribution in [1.29, 1.82) is 0 Å². The summed E-state index contributed by atoms with van der Waals surface area (Å²) in [5, 5.41) is 9.75. The number of esters is 1. The lowest BCUT2D eigenvalue weighted by molar-refractivity contribution is -0.161. The van der Waals surface area contributed by atoms with Gasteiger partial charge in [0.1, 0.15) is 18.3 Å². The van der Waals surface area contributed by atoms with Crippen LogP contribution >= 0.6 is 0 Å². The number of aliphatic hydroxyl groups is 1. The summed E-state index contributed by atoms with van der Waals surface area (Å²) in [7, 11) is 0. The molecule has 0 fully saturated rings. The second-order valence-corrected chi connectivity index (χ2v) is 6.95. The second-order valence-electron chi connectivity index (χ2n) is 6.95. The van der Waals surface area contributed by atoms with E-state index in [-0.39, 0.29) is 5.92 Å². The fraction of sp³-hybridized carbons (Fsp3) is 0.867. The van der Waals surface area contributed by atoms with Gasteiger partial charge in [0, 0.05) is 0 Å². The molecule has 0 aliphatic rings. The average molecular weight is 320 g/mol. The normalized spacial score (nSPS) is 17.7. The lowest BCUT2D eigenvalue weighted by Gasteiger charge is -2.29. The molecule has 130 valence electrons. The fourth-order valence-corrected chi connectivity index (χ4v) is 2.09. The second kappa shape index (κ2) is 8.55. The van der Waals surface area contributed by atoms with Crippen molar-refractivity contribution in [3.8, 4) is 0 Å². The molecule has 0 radical (unpaired) electrons. The van der Waals surface area contributed by atoms with Gasteiger partial charge in [-0.2, -0.15) is 0 Å². The Kier molecular flexibility index (Phi) is 8.14. The first-order valence-electron chi connectivity index (χ1n) is 7.42. The zero-order chi connectivity index (χ0) is 17.7. The van der Waals surface area contributed by atoms with E-state index in [0.717, 1.165) is 0 Å². The van der Waals surface area contributed by atoms with Crippen molar-refractivity contribution in [1.82, 2.24) is 0 Å². The molecule has 0 aromatic carbocycles. The Morgan fingerprint density at radius 2 is 1.73 bits per heavy atom. The Hall–Kier alpha value is -1.05. The summed E-state index contributed by atoms with van der Waals surface area (Å²) < 4.78 is 17.9. The van der Waals surface area contributed by atoms with E-state index in [4.69, 9.17) is 16.2 Å². The summed E-state index contributed by atoms with van der Waals surface area (Å²) in [4.78, 5) is 24.3. The Morgan fingerprint density at radius 1 is 1.23 bits per heavy atom. The van der Waals surface area contributed by atoms with Crippen LogP contribution in [-0.2, 0) is 14.3 Å². The molecule has 0 heterocycles. The molecule has 5 N–H and O–H groups in total. The maximum Gasteiger partial charge on any atom is 0.324 e. The smallest absolute Gasteiger partial charge is 0.324 e. The van der Waals surface area contributed by atoms with Crippen LogP contribution in [0.1, 0.15) is 41.0 Å². The summed E-state index contributed by atoms with van der Waals surface area (Å²) in [6, 6.07) is -2.38. The molecule has 4 atom stereocenters. The number of alkyl halides is 1. The molecule has 0 saturated heterocycles. The Balaban J connectivity index is 5.20. The van der Waals surface area contributed by atoms with Crippen LogP contribution in [0.25, 0.3) is 0 Å². The van der Waals surface area contributed by atoms with Crippen LogP contribution in [0.2, 0.25) is 0 Å². The zero-order valence-corrected chi connectivity index (χ0v) is 14.0. The van der Waals surface area contributed by atoms with Crippen LogP contribution < -0.4 is 11.5 Å². The summed E-state index contributed by atoms with van der Waals surface area (Å²) in [5.41, 5.74) is 10.7. The molecule has 7 heteroatoms. The molecule has 0 amide bonds. The third-order valence-electron chi connectivity index (χ3n) is 3.06. The molecule has 0 aliphatic heterocycles. The lowest BCUT2D eigenvalue weighted by atomic mass is 9.84. The molecule has 0 aliphatic carbocycles. The average Bonchev–Trinajstić information content (AvgIpc) is 2.35. The van der Waals surface area contributed by atoms with Gasteiger partial charge in [0.15, 0.2) is 5.78 Å². The number of ether oxygens (including phenoxy) is 1. The topological polar surface area (TPSA) is 116 Å². The minimum Gasteiger partial charge on any atom is -0.459 e. The van der Waals surface area contributed by atoms with Crippen LogP contribution in [0.4, 0.5) is 4.39 Å². The van der Waals surface area contributed by atoms with Gasteiger partial charge in [-0.1, -0.05) is 13.8 Å². The van der Waals surface area contributed by atoms with Gasteiger partial charge in [0.05, 0.1) is 18.1 Å². The number of rotatable bonds is 8. The summed E-state index contributed by atoms with van der Waals surface area (Å²) in [5.74, 6) is -2.78. The number of nitrogens with two attached hydrogens (primary N) is 2. The number of carbonyl (C=O) groups is 2. The van der Waals surface area contributed by atoms with Crippen molar-refractivity contribution in [3.05, 3.63) is 0 Å². The minimum atomic E-state index is -1.69. The monoisotopic (exact) mass is 320 g/mol. The lowest BCUT2D eigenvalue weighted by Crippen LogP contribution is -2.54. The van der Waals surface area contributed by atoms with Gasteiger partial charge in [-0.15, -0.1) is 0 Å². The number of hydrogen-bond acceptors (Lipinski definition) is 6.